The lowest BCUT2D eigenvalue weighted by atomic mass is 10.1. The second-order valence-corrected chi connectivity index (χ2v) is 5.97. The number of fused-ring (bicyclic) bond motifs is 1. The molecule has 2 heterocycles. The maximum Gasteiger partial charge on any atom is 0.332 e. The van der Waals surface area contributed by atoms with Crippen molar-refractivity contribution in [3.63, 3.8) is 0 Å². The van der Waals surface area contributed by atoms with Crippen LogP contribution in [0.4, 0.5) is 4.39 Å². The molecule has 9 heteroatoms. The van der Waals surface area contributed by atoms with Gasteiger partial charge in [0.05, 0.1) is 5.69 Å². The zero-order valence-electron chi connectivity index (χ0n) is 14.6. The first-order valence-corrected chi connectivity index (χ1v) is 7.98. The molecule has 0 atom stereocenters. The third-order valence-corrected chi connectivity index (χ3v) is 4.23. The number of aryl methyl sites for hydroxylation is 1. The first kappa shape index (κ1) is 17.6. The van der Waals surface area contributed by atoms with E-state index in [2.05, 4.69) is 10.3 Å². The van der Waals surface area contributed by atoms with Crippen molar-refractivity contribution in [3.8, 4) is 5.69 Å². The largest absolute Gasteiger partial charge is 0.356 e. The van der Waals surface area contributed by atoms with Crippen molar-refractivity contribution in [2.75, 3.05) is 6.54 Å². The summed E-state index contributed by atoms with van der Waals surface area (Å²) in [4.78, 5) is 39.8. The van der Waals surface area contributed by atoms with Gasteiger partial charge in [0.1, 0.15) is 12.1 Å². The minimum absolute atomic E-state index is 0.112. The van der Waals surface area contributed by atoms with Crippen molar-refractivity contribution < 1.29 is 9.18 Å². The van der Waals surface area contributed by atoms with Crippen molar-refractivity contribution >= 4 is 17.1 Å². The Morgan fingerprint density at radius 1 is 1.23 bits per heavy atom. The van der Waals surface area contributed by atoms with Crippen LogP contribution in [0.3, 0.4) is 0 Å². The molecule has 0 saturated carbocycles. The predicted molar refractivity (Wildman–Crippen MR) is 93.9 cm³/mol. The molecule has 1 N–H and O–H groups in total. The lowest BCUT2D eigenvalue weighted by molar-refractivity contribution is -0.118. The summed E-state index contributed by atoms with van der Waals surface area (Å²) in [6, 6.07) is 4.57. The number of benzene rings is 1. The number of hydrogen-bond acceptors (Lipinski definition) is 4. The lowest BCUT2D eigenvalue weighted by Crippen LogP contribution is -2.37. The van der Waals surface area contributed by atoms with Gasteiger partial charge in [0.15, 0.2) is 11.2 Å². The van der Waals surface area contributed by atoms with Gasteiger partial charge in [0.25, 0.3) is 5.56 Å². The van der Waals surface area contributed by atoms with E-state index in [0.717, 1.165) is 4.57 Å². The molecule has 0 spiro atoms. The average molecular weight is 359 g/mol. The number of nitrogens with one attached hydrogen (secondary N) is 1. The van der Waals surface area contributed by atoms with Gasteiger partial charge < -0.3 is 5.32 Å². The average Bonchev–Trinajstić information content (AvgIpc) is 3.02. The van der Waals surface area contributed by atoms with E-state index < -0.39 is 17.1 Å². The van der Waals surface area contributed by atoms with E-state index in [4.69, 9.17) is 0 Å². The first-order valence-electron chi connectivity index (χ1n) is 7.98. The van der Waals surface area contributed by atoms with E-state index in [-0.39, 0.29) is 22.8 Å². The number of rotatable bonds is 4. The maximum absolute atomic E-state index is 14.6. The van der Waals surface area contributed by atoms with Crippen LogP contribution in [0.1, 0.15) is 12.5 Å². The van der Waals surface area contributed by atoms with Gasteiger partial charge in [-0.1, -0.05) is 12.1 Å². The summed E-state index contributed by atoms with van der Waals surface area (Å²) < 4.78 is 18.2. The summed E-state index contributed by atoms with van der Waals surface area (Å²) in [7, 11) is 2.86. The molecule has 136 valence electrons. The molecule has 1 aromatic carbocycles. The summed E-state index contributed by atoms with van der Waals surface area (Å²) in [5.41, 5.74) is 0.00327. The molecule has 0 aliphatic heterocycles. The van der Waals surface area contributed by atoms with Gasteiger partial charge in [-0.15, -0.1) is 0 Å². The molecule has 3 aromatic rings. The number of imidazole rings is 1. The van der Waals surface area contributed by atoms with E-state index in [9.17, 15) is 18.8 Å². The Bertz CT molecular complexity index is 1130. The fraction of sp³-hybridized carbons (Fsp3) is 0.294. The SMILES string of the molecule is CC(=O)NCCc1cccc(F)c1-n1cnc2c1c(=O)n(C)c(=O)n2C. The van der Waals surface area contributed by atoms with Crippen LogP contribution in [0.2, 0.25) is 0 Å². The van der Waals surface area contributed by atoms with Crippen LogP contribution < -0.4 is 16.6 Å². The van der Waals surface area contributed by atoms with E-state index in [1.54, 1.807) is 12.1 Å². The minimum Gasteiger partial charge on any atom is -0.356 e. The molecule has 26 heavy (non-hydrogen) atoms. The Balaban J connectivity index is 2.23. The highest BCUT2D eigenvalue weighted by Gasteiger charge is 2.19. The van der Waals surface area contributed by atoms with Gasteiger partial charge in [-0.25, -0.2) is 14.2 Å². The van der Waals surface area contributed by atoms with Crippen LogP contribution in [0, 0.1) is 5.82 Å². The highest BCUT2D eigenvalue weighted by molar-refractivity contribution is 5.74. The summed E-state index contributed by atoms with van der Waals surface area (Å²) in [6.07, 6.45) is 1.70. The molecule has 0 aliphatic rings. The molecule has 0 radical (unpaired) electrons. The zero-order valence-corrected chi connectivity index (χ0v) is 14.6. The van der Waals surface area contributed by atoms with E-state index in [1.807, 2.05) is 0 Å². The molecule has 0 fully saturated rings. The summed E-state index contributed by atoms with van der Waals surface area (Å²) in [5, 5.41) is 2.66. The fourth-order valence-corrected chi connectivity index (χ4v) is 2.92. The second kappa shape index (κ2) is 6.58. The van der Waals surface area contributed by atoms with Gasteiger partial charge in [-0.2, -0.15) is 0 Å². The fourth-order valence-electron chi connectivity index (χ4n) is 2.92. The minimum atomic E-state index is -0.559. The highest BCUT2D eigenvalue weighted by atomic mass is 19.1. The van der Waals surface area contributed by atoms with Crippen LogP contribution in [0.5, 0.6) is 0 Å². The Morgan fingerprint density at radius 3 is 2.65 bits per heavy atom. The Morgan fingerprint density at radius 2 is 1.96 bits per heavy atom. The number of para-hydroxylation sites is 1. The summed E-state index contributed by atoms with van der Waals surface area (Å²) >= 11 is 0. The lowest BCUT2D eigenvalue weighted by Gasteiger charge is -2.13. The Hall–Kier alpha value is -3.23. The van der Waals surface area contributed by atoms with Crippen LogP contribution in [-0.4, -0.2) is 31.1 Å². The van der Waals surface area contributed by atoms with Gasteiger partial charge in [-0.3, -0.25) is 23.3 Å². The molecule has 2 aromatic heterocycles. The maximum atomic E-state index is 14.6. The van der Waals surface area contributed by atoms with Crippen molar-refractivity contribution in [1.29, 1.82) is 0 Å². The third kappa shape index (κ3) is 2.81. The van der Waals surface area contributed by atoms with Crippen molar-refractivity contribution in [1.82, 2.24) is 24.0 Å². The number of halogens is 1. The predicted octanol–water partition coefficient (Wildman–Crippen LogP) is 0.241. The molecule has 0 bridgehead atoms. The highest BCUT2D eigenvalue weighted by Crippen LogP contribution is 2.22. The van der Waals surface area contributed by atoms with E-state index >= 15 is 0 Å². The Kier molecular flexibility index (Phi) is 4.45. The van der Waals surface area contributed by atoms with Crippen LogP contribution >= 0.6 is 0 Å². The van der Waals surface area contributed by atoms with Gasteiger partial charge in [-0.05, 0) is 18.1 Å². The smallest absolute Gasteiger partial charge is 0.332 e. The Labute approximate surface area is 147 Å². The zero-order chi connectivity index (χ0) is 19.0. The molecule has 0 unspecified atom stereocenters. The van der Waals surface area contributed by atoms with Crippen molar-refractivity contribution in [2.24, 2.45) is 14.1 Å². The molecular formula is C17H18FN5O3. The summed E-state index contributed by atoms with van der Waals surface area (Å²) in [5.74, 6) is -0.708. The van der Waals surface area contributed by atoms with Gasteiger partial charge >= 0.3 is 5.69 Å². The van der Waals surface area contributed by atoms with Crippen LogP contribution in [0.25, 0.3) is 16.9 Å². The molecule has 0 saturated heterocycles. The second-order valence-electron chi connectivity index (χ2n) is 5.97. The van der Waals surface area contributed by atoms with Crippen LogP contribution in [-0.2, 0) is 25.3 Å². The monoisotopic (exact) mass is 359 g/mol. The number of aromatic nitrogens is 4. The van der Waals surface area contributed by atoms with Crippen LogP contribution in [0.15, 0.2) is 34.1 Å². The molecule has 0 aliphatic carbocycles. The van der Waals surface area contributed by atoms with E-state index in [1.165, 1.54) is 42.5 Å². The number of amides is 1. The van der Waals surface area contributed by atoms with Crippen molar-refractivity contribution in [2.45, 2.75) is 13.3 Å². The van der Waals surface area contributed by atoms with Gasteiger partial charge in [0, 0.05) is 27.6 Å². The number of hydrogen-bond donors (Lipinski definition) is 1. The number of nitrogens with zero attached hydrogens (tertiary/aromatic N) is 4. The topological polar surface area (TPSA) is 90.9 Å². The first-order chi connectivity index (χ1) is 12.3. The van der Waals surface area contributed by atoms with Gasteiger partial charge in [0.2, 0.25) is 5.91 Å². The van der Waals surface area contributed by atoms with Crippen molar-refractivity contribution in [3.05, 3.63) is 56.7 Å². The molecule has 8 nitrogen and oxygen atoms in total. The standard InChI is InChI=1S/C17H18FN5O3/c1-10(24)19-8-7-11-5-4-6-12(18)13(11)23-9-20-15-14(23)16(25)22(3)17(26)21(15)2/h4-6,9H,7-8H2,1-3H3,(H,19,24). The summed E-state index contributed by atoms with van der Waals surface area (Å²) in [6.45, 7) is 1.73. The normalized spacial score (nSPS) is 11.1. The molecular weight excluding hydrogens is 341 g/mol. The van der Waals surface area contributed by atoms with E-state index in [0.29, 0.717) is 18.5 Å². The quantitative estimate of drug-likeness (QED) is 0.722. The molecule has 3 rings (SSSR count). The third-order valence-electron chi connectivity index (χ3n) is 4.23. The molecule has 1 amide bonds. The number of carbonyl (C=O) groups excluding carboxylic acids is 1. The number of carbonyl (C=O) groups is 1.